The van der Waals surface area contributed by atoms with Gasteiger partial charge in [-0.1, -0.05) is 29.8 Å². The molecule has 0 bridgehead atoms. The lowest BCUT2D eigenvalue weighted by Crippen LogP contribution is -2.30. The van der Waals surface area contributed by atoms with Crippen molar-refractivity contribution < 1.29 is 18.3 Å². The van der Waals surface area contributed by atoms with Gasteiger partial charge in [0.25, 0.3) is 11.5 Å². The van der Waals surface area contributed by atoms with Gasteiger partial charge in [-0.05, 0) is 12.5 Å². The van der Waals surface area contributed by atoms with Crippen LogP contribution >= 0.6 is 0 Å². The van der Waals surface area contributed by atoms with Crippen molar-refractivity contribution >= 4 is 21.9 Å². The van der Waals surface area contributed by atoms with E-state index < -0.39 is 32.9 Å². The van der Waals surface area contributed by atoms with Gasteiger partial charge in [-0.2, -0.15) is 0 Å². The number of nitrogens with one attached hydrogen (secondary N) is 2. The summed E-state index contributed by atoms with van der Waals surface area (Å²) in [5, 5.41) is 11.9. The molecule has 0 unspecified atom stereocenters. The van der Waals surface area contributed by atoms with Crippen LogP contribution in [0.1, 0.15) is 21.6 Å². The van der Waals surface area contributed by atoms with E-state index in [9.17, 15) is 23.1 Å². The molecule has 1 heterocycles. The number of carbonyl (C=O) groups is 1. The summed E-state index contributed by atoms with van der Waals surface area (Å²) in [6, 6.07) is 6.91. The molecule has 0 saturated carbocycles. The molecule has 0 spiro atoms. The molecule has 2 rings (SSSR count). The standard InChI is InChI=1S/C15H18N4O5S/c1-9-4-6-10(7-5-9)8-25(23,24)18-15-17-11(13(21)16-2)12(20)14(22)19(15)3/h4-7,20H,8H2,1-3H3,(H,16,21)(H,17,18). The Morgan fingerprint density at radius 2 is 1.88 bits per heavy atom. The molecule has 9 nitrogen and oxygen atoms in total. The van der Waals surface area contributed by atoms with E-state index >= 15 is 0 Å². The van der Waals surface area contributed by atoms with Crippen LogP contribution in [-0.2, 0) is 22.8 Å². The zero-order valence-electron chi connectivity index (χ0n) is 13.9. The van der Waals surface area contributed by atoms with Gasteiger partial charge in [-0.3, -0.25) is 18.9 Å². The minimum atomic E-state index is -3.89. The highest BCUT2D eigenvalue weighted by Gasteiger charge is 2.22. The van der Waals surface area contributed by atoms with Gasteiger partial charge in [-0.25, -0.2) is 13.4 Å². The third kappa shape index (κ3) is 4.15. The van der Waals surface area contributed by atoms with Gasteiger partial charge in [0, 0.05) is 14.1 Å². The second kappa shape index (κ2) is 6.93. The highest BCUT2D eigenvalue weighted by atomic mass is 32.2. The molecule has 134 valence electrons. The number of anilines is 1. The van der Waals surface area contributed by atoms with Crippen molar-refractivity contribution in [3.8, 4) is 5.75 Å². The molecule has 0 atom stereocenters. The zero-order valence-corrected chi connectivity index (χ0v) is 14.7. The molecular formula is C15H18N4O5S. The molecule has 0 aliphatic rings. The van der Waals surface area contributed by atoms with Crippen molar-refractivity contribution in [3.63, 3.8) is 0 Å². The first-order chi connectivity index (χ1) is 11.6. The first-order valence-corrected chi connectivity index (χ1v) is 8.88. The molecule has 1 amide bonds. The van der Waals surface area contributed by atoms with Crippen LogP contribution in [0.2, 0.25) is 0 Å². The second-order valence-electron chi connectivity index (χ2n) is 5.42. The Kier molecular flexibility index (Phi) is 5.12. The monoisotopic (exact) mass is 366 g/mol. The van der Waals surface area contributed by atoms with Crippen LogP contribution in [0.25, 0.3) is 0 Å². The van der Waals surface area contributed by atoms with Gasteiger partial charge < -0.3 is 10.4 Å². The Morgan fingerprint density at radius 3 is 2.44 bits per heavy atom. The topological polar surface area (TPSA) is 130 Å². The molecule has 2 aromatic rings. The summed E-state index contributed by atoms with van der Waals surface area (Å²) in [6.45, 7) is 1.88. The predicted molar refractivity (Wildman–Crippen MR) is 92.0 cm³/mol. The number of aryl methyl sites for hydroxylation is 1. The number of sulfonamides is 1. The molecule has 1 aromatic carbocycles. The fourth-order valence-corrected chi connectivity index (χ4v) is 3.20. The number of benzene rings is 1. The van der Waals surface area contributed by atoms with E-state index in [1.807, 2.05) is 6.92 Å². The van der Waals surface area contributed by atoms with E-state index in [0.29, 0.717) is 5.56 Å². The SMILES string of the molecule is CNC(=O)c1nc(NS(=O)(=O)Cc2ccc(C)cc2)n(C)c(=O)c1O. The van der Waals surface area contributed by atoms with Crippen LogP contribution in [0.4, 0.5) is 5.95 Å². The maximum absolute atomic E-state index is 12.3. The molecule has 0 aliphatic heterocycles. The second-order valence-corrected chi connectivity index (χ2v) is 7.14. The highest BCUT2D eigenvalue weighted by Crippen LogP contribution is 2.15. The number of amides is 1. The van der Waals surface area contributed by atoms with Crippen LogP contribution in [0.5, 0.6) is 5.75 Å². The number of nitrogens with zero attached hydrogens (tertiary/aromatic N) is 2. The average molecular weight is 366 g/mol. The normalized spacial score (nSPS) is 11.2. The number of aromatic nitrogens is 2. The number of rotatable bonds is 5. The van der Waals surface area contributed by atoms with Crippen LogP contribution < -0.4 is 15.6 Å². The fourth-order valence-electron chi connectivity index (χ4n) is 2.04. The van der Waals surface area contributed by atoms with E-state index in [2.05, 4.69) is 15.0 Å². The summed E-state index contributed by atoms with van der Waals surface area (Å²) >= 11 is 0. The molecule has 10 heteroatoms. The predicted octanol–water partition coefficient (Wildman–Crippen LogP) is 0.0958. The highest BCUT2D eigenvalue weighted by molar-refractivity contribution is 7.91. The minimum Gasteiger partial charge on any atom is -0.501 e. The fraction of sp³-hybridized carbons (Fsp3) is 0.267. The summed E-state index contributed by atoms with van der Waals surface area (Å²) < 4.78 is 27.6. The Balaban J connectivity index is 2.38. The molecule has 0 aliphatic carbocycles. The number of carbonyl (C=O) groups excluding carboxylic acids is 1. The summed E-state index contributed by atoms with van der Waals surface area (Å²) in [7, 11) is -1.36. The van der Waals surface area contributed by atoms with Crippen LogP contribution in [0.15, 0.2) is 29.1 Å². The third-order valence-electron chi connectivity index (χ3n) is 3.43. The Hall–Kier alpha value is -2.88. The van der Waals surface area contributed by atoms with Gasteiger partial charge in [-0.15, -0.1) is 0 Å². The maximum Gasteiger partial charge on any atom is 0.297 e. The molecular weight excluding hydrogens is 348 g/mol. The Morgan fingerprint density at radius 1 is 1.28 bits per heavy atom. The smallest absolute Gasteiger partial charge is 0.297 e. The first kappa shape index (κ1) is 18.5. The Bertz CT molecular complexity index is 965. The van der Waals surface area contributed by atoms with Gasteiger partial charge in [0.05, 0.1) is 5.75 Å². The molecule has 0 saturated heterocycles. The lowest BCUT2D eigenvalue weighted by Gasteiger charge is -2.13. The van der Waals surface area contributed by atoms with Crippen molar-refractivity contribution in [1.29, 1.82) is 0 Å². The largest absolute Gasteiger partial charge is 0.501 e. The summed E-state index contributed by atoms with van der Waals surface area (Å²) in [5.41, 5.74) is 0.0422. The average Bonchev–Trinajstić information content (AvgIpc) is 2.56. The summed E-state index contributed by atoms with van der Waals surface area (Å²) in [6.07, 6.45) is 0. The van der Waals surface area contributed by atoms with E-state index in [-0.39, 0.29) is 11.7 Å². The van der Waals surface area contributed by atoms with Crippen molar-refractivity contribution in [1.82, 2.24) is 14.9 Å². The van der Waals surface area contributed by atoms with Crippen molar-refractivity contribution in [2.75, 3.05) is 11.8 Å². The van der Waals surface area contributed by atoms with Crippen molar-refractivity contribution in [3.05, 3.63) is 51.4 Å². The molecule has 0 fully saturated rings. The van der Waals surface area contributed by atoms with Crippen molar-refractivity contribution in [2.24, 2.45) is 7.05 Å². The van der Waals surface area contributed by atoms with Crippen LogP contribution in [0.3, 0.4) is 0 Å². The van der Waals surface area contributed by atoms with E-state index in [0.717, 1.165) is 10.1 Å². The zero-order chi connectivity index (χ0) is 18.8. The van der Waals surface area contributed by atoms with Crippen LogP contribution in [-0.4, -0.2) is 36.0 Å². The van der Waals surface area contributed by atoms with Gasteiger partial charge in [0.1, 0.15) is 0 Å². The van der Waals surface area contributed by atoms with Gasteiger partial charge in [0.2, 0.25) is 21.7 Å². The summed E-state index contributed by atoms with van der Waals surface area (Å²) in [4.78, 5) is 27.4. The lowest BCUT2D eigenvalue weighted by atomic mass is 10.2. The van der Waals surface area contributed by atoms with E-state index in [1.54, 1.807) is 24.3 Å². The number of aromatic hydroxyl groups is 1. The van der Waals surface area contributed by atoms with E-state index in [4.69, 9.17) is 0 Å². The molecule has 1 aromatic heterocycles. The van der Waals surface area contributed by atoms with Crippen LogP contribution in [0, 0.1) is 6.92 Å². The van der Waals surface area contributed by atoms with E-state index in [1.165, 1.54) is 14.1 Å². The Labute approximate surface area is 144 Å². The number of hydrogen-bond acceptors (Lipinski definition) is 6. The third-order valence-corrected chi connectivity index (χ3v) is 4.64. The molecule has 3 N–H and O–H groups in total. The quantitative estimate of drug-likeness (QED) is 0.688. The first-order valence-electron chi connectivity index (χ1n) is 7.22. The van der Waals surface area contributed by atoms with Crippen molar-refractivity contribution in [2.45, 2.75) is 12.7 Å². The van der Waals surface area contributed by atoms with Gasteiger partial charge >= 0.3 is 0 Å². The summed E-state index contributed by atoms with van der Waals surface area (Å²) in [5.74, 6) is -2.37. The molecule has 25 heavy (non-hydrogen) atoms. The minimum absolute atomic E-state index is 0.334. The van der Waals surface area contributed by atoms with Gasteiger partial charge in [0.15, 0.2) is 5.69 Å². The lowest BCUT2D eigenvalue weighted by molar-refractivity contribution is 0.0954. The molecule has 0 radical (unpaired) electrons. The maximum atomic E-state index is 12.3. The number of hydrogen-bond donors (Lipinski definition) is 3.